The number of benzene rings is 3. The second-order valence-electron chi connectivity index (χ2n) is 6.71. The lowest BCUT2D eigenvalue weighted by molar-refractivity contribution is -0.384. The predicted octanol–water partition coefficient (Wildman–Crippen LogP) is 5.78. The molecule has 4 rings (SSSR count). The number of esters is 1. The molecule has 3 aromatic rings. The average molecular weight is 561 g/mol. The van der Waals surface area contributed by atoms with Crippen molar-refractivity contribution in [2.75, 3.05) is 0 Å². The number of nitrogens with zero attached hydrogens (tertiary/aromatic N) is 2. The summed E-state index contributed by atoms with van der Waals surface area (Å²) in [6.45, 7) is 0.360. The van der Waals surface area contributed by atoms with Crippen LogP contribution in [0.4, 0.5) is 5.69 Å². The predicted molar refractivity (Wildman–Crippen MR) is 129 cm³/mol. The lowest BCUT2D eigenvalue weighted by atomic mass is 10.1. The van der Waals surface area contributed by atoms with E-state index in [1.807, 2.05) is 36.4 Å². The van der Waals surface area contributed by atoms with Crippen molar-refractivity contribution in [3.05, 3.63) is 108 Å². The van der Waals surface area contributed by atoms with Gasteiger partial charge in [0.05, 0.1) is 15.5 Å². The lowest BCUT2D eigenvalue weighted by Gasteiger charge is -2.09. The highest BCUT2D eigenvalue weighted by atomic mass is 127. The number of non-ortho nitro benzene ring substituents is 1. The first-order valence-corrected chi connectivity index (χ1v) is 10.8. The van der Waals surface area contributed by atoms with E-state index in [4.69, 9.17) is 21.1 Å². The van der Waals surface area contributed by atoms with Crippen LogP contribution in [0.15, 0.2) is 77.4 Å². The Labute approximate surface area is 201 Å². The second kappa shape index (κ2) is 9.49. The third kappa shape index (κ3) is 4.97. The van der Waals surface area contributed by atoms with Gasteiger partial charge in [0.2, 0.25) is 5.90 Å². The van der Waals surface area contributed by atoms with E-state index >= 15 is 0 Å². The smallest absolute Gasteiger partial charge is 0.363 e. The molecule has 0 N–H and O–H groups in total. The van der Waals surface area contributed by atoms with Crippen molar-refractivity contribution < 1.29 is 19.2 Å². The van der Waals surface area contributed by atoms with Crippen molar-refractivity contribution >= 4 is 57.8 Å². The number of para-hydroxylation sites is 1. The van der Waals surface area contributed by atoms with Gasteiger partial charge in [-0.15, -0.1) is 0 Å². The summed E-state index contributed by atoms with van der Waals surface area (Å²) in [6.07, 6.45) is 1.55. The molecule has 0 aliphatic carbocycles. The first-order valence-electron chi connectivity index (χ1n) is 9.34. The molecule has 0 amide bonds. The van der Waals surface area contributed by atoms with Gasteiger partial charge in [0.1, 0.15) is 12.4 Å². The monoisotopic (exact) mass is 560 g/mol. The molecule has 0 saturated heterocycles. The van der Waals surface area contributed by atoms with E-state index in [0.717, 1.165) is 9.13 Å². The topological polar surface area (TPSA) is 91.0 Å². The van der Waals surface area contributed by atoms with Crippen LogP contribution in [0.2, 0.25) is 5.02 Å². The fourth-order valence-electron chi connectivity index (χ4n) is 2.94. The molecule has 1 heterocycles. The van der Waals surface area contributed by atoms with Crippen LogP contribution in [0.5, 0.6) is 5.75 Å². The summed E-state index contributed by atoms with van der Waals surface area (Å²) in [5.41, 5.74) is 1.66. The van der Waals surface area contributed by atoms with Crippen LogP contribution in [-0.2, 0) is 16.1 Å². The summed E-state index contributed by atoms with van der Waals surface area (Å²) >= 11 is 8.37. The van der Waals surface area contributed by atoms with Gasteiger partial charge in [-0.1, -0.05) is 41.9 Å². The molecule has 1 aliphatic heterocycles. The molecule has 0 fully saturated rings. The number of ether oxygens (including phenoxy) is 2. The third-order valence-electron chi connectivity index (χ3n) is 4.53. The Morgan fingerprint density at radius 3 is 2.62 bits per heavy atom. The van der Waals surface area contributed by atoms with E-state index < -0.39 is 10.9 Å². The van der Waals surface area contributed by atoms with E-state index in [0.29, 0.717) is 17.9 Å². The lowest BCUT2D eigenvalue weighted by Crippen LogP contribution is -2.06. The zero-order valence-corrected chi connectivity index (χ0v) is 19.2. The van der Waals surface area contributed by atoms with Crippen LogP contribution >= 0.6 is 34.2 Å². The Balaban J connectivity index is 1.61. The normalized spacial score (nSPS) is 14.2. The fraction of sp³-hybridized carbons (Fsp3) is 0.0435. The molecule has 32 heavy (non-hydrogen) atoms. The van der Waals surface area contributed by atoms with E-state index in [-0.39, 0.29) is 27.9 Å². The molecule has 7 nitrogen and oxygen atoms in total. The maximum Gasteiger partial charge on any atom is 0.363 e. The maximum atomic E-state index is 12.4. The number of carbonyl (C=O) groups is 1. The summed E-state index contributed by atoms with van der Waals surface area (Å²) in [7, 11) is 0. The summed E-state index contributed by atoms with van der Waals surface area (Å²) in [5.74, 6) is -0.203. The van der Waals surface area contributed by atoms with Crippen LogP contribution in [0, 0.1) is 13.7 Å². The van der Waals surface area contributed by atoms with Crippen LogP contribution in [0.3, 0.4) is 0 Å². The van der Waals surface area contributed by atoms with Gasteiger partial charge in [-0.3, -0.25) is 10.1 Å². The molecule has 3 aromatic carbocycles. The fourth-order valence-corrected chi connectivity index (χ4v) is 3.49. The largest absolute Gasteiger partial charge is 0.488 e. The van der Waals surface area contributed by atoms with Crippen LogP contribution in [0.25, 0.3) is 6.08 Å². The van der Waals surface area contributed by atoms with E-state index in [1.165, 1.54) is 18.2 Å². The minimum Gasteiger partial charge on any atom is -0.488 e. The summed E-state index contributed by atoms with van der Waals surface area (Å²) in [4.78, 5) is 27.1. The average Bonchev–Trinajstić information content (AvgIpc) is 3.14. The standard InChI is InChI=1S/C23H14ClIN2O5/c24-19-10-9-17(27(29)30)12-18(19)22-26-20(23(28)32-22)11-15-3-1-2-4-21(15)31-13-14-5-7-16(25)8-6-14/h1-12H,13H2/b20-11-. The molecule has 0 saturated carbocycles. The summed E-state index contributed by atoms with van der Waals surface area (Å²) in [5, 5.41) is 11.2. The highest BCUT2D eigenvalue weighted by Crippen LogP contribution is 2.29. The number of rotatable bonds is 6. The highest BCUT2D eigenvalue weighted by molar-refractivity contribution is 14.1. The molecular weight excluding hydrogens is 547 g/mol. The number of nitro groups is 1. The SMILES string of the molecule is O=C1OC(c2cc([N+](=O)[O-])ccc2Cl)=N/C1=C\c1ccccc1OCc1ccc(I)cc1. The van der Waals surface area contributed by atoms with Crippen LogP contribution in [0.1, 0.15) is 16.7 Å². The first kappa shape index (κ1) is 22.0. The number of hydrogen-bond acceptors (Lipinski definition) is 6. The number of nitro benzene ring substituents is 1. The minimum absolute atomic E-state index is 0.0351. The molecular formula is C23H14ClIN2O5. The zero-order valence-electron chi connectivity index (χ0n) is 16.3. The number of hydrogen-bond donors (Lipinski definition) is 0. The molecule has 1 aliphatic rings. The van der Waals surface area contributed by atoms with Gasteiger partial charge in [0.25, 0.3) is 5.69 Å². The molecule has 9 heteroatoms. The van der Waals surface area contributed by atoms with Crippen molar-refractivity contribution in [3.8, 4) is 5.75 Å². The van der Waals surface area contributed by atoms with Gasteiger partial charge in [-0.25, -0.2) is 9.79 Å². The number of halogens is 2. The zero-order chi connectivity index (χ0) is 22.7. The van der Waals surface area contributed by atoms with E-state index in [9.17, 15) is 14.9 Å². The molecule has 0 atom stereocenters. The van der Waals surface area contributed by atoms with Crippen molar-refractivity contribution in [1.82, 2.24) is 0 Å². The quantitative estimate of drug-likeness (QED) is 0.125. The van der Waals surface area contributed by atoms with Crippen molar-refractivity contribution in [1.29, 1.82) is 0 Å². The number of cyclic esters (lactones) is 1. The number of carbonyl (C=O) groups excluding carboxylic acids is 1. The van der Waals surface area contributed by atoms with Gasteiger partial charge in [0, 0.05) is 21.3 Å². The van der Waals surface area contributed by atoms with Crippen molar-refractivity contribution in [2.24, 2.45) is 4.99 Å². The molecule has 0 bridgehead atoms. The van der Waals surface area contributed by atoms with Crippen LogP contribution in [-0.4, -0.2) is 16.8 Å². The van der Waals surface area contributed by atoms with E-state index in [1.54, 1.807) is 18.2 Å². The molecule has 160 valence electrons. The minimum atomic E-state index is -0.685. The van der Waals surface area contributed by atoms with Crippen molar-refractivity contribution in [2.45, 2.75) is 6.61 Å². The van der Waals surface area contributed by atoms with Crippen LogP contribution < -0.4 is 4.74 Å². The van der Waals surface area contributed by atoms with Crippen molar-refractivity contribution in [3.63, 3.8) is 0 Å². The molecule has 0 aromatic heterocycles. The molecule has 0 unspecified atom stereocenters. The van der Waals surface area contributed by atoms with Gasteiger partial charge in [-0.05, 0) is 58.5 Å². The van der Waals surface area contributed by atoms with Gasteiger partial charge < -0.3 is 9.47 Å². The molecule has 0 radical (unpaired) electrons. The van der Waals surface area contributed by atoms with Gasteiger partial charge in [0.15, 0.2) is 5.70 Å². The maximum absolute atomic E-state index is 12.4. The summed E-state index contributed by atoms with van der Waals surface area (Å²) < 4.78 is 12.3. The van der Waals surface area contributed by atoms with Gasteiger partial charge in [-0.2, -0.15) is 0 Å². The Morgan fingerprint density at radius 2 is 1.88 bits per heavy atom. The second-order valence-corrected chi connectivity index (χ2v) is 8.36. The Kier molecular flexibility index (Phi) is 6.52. The number of aliphatic imine (C=N–C) groups is 1. The Hall–Kier alpha value is -3.24. The van der Waals surface area contributed by atoms with E-state index in [2.05, 4.69) is 27.6 Å². The Bertz CT molecular complexity index is 1270. The molecule has 0 spiro atoms. The van der Waals surface area contributed by atoms with Gasteiger partial charge >= 0.3 is 5.97 Å². The third-order valence-corrected chi connectivity index (χ3v) is 5.58. The first-order chi connectivity index (χ1) is 15.4. The summed E-state index contributed by atoms with van der Waals surface area (Å²) in [6, 6.07) is 19.0. The Morgan fingerprint density at radius 1 is 1.12 bits per heavy atom. The highest BCUT2D eigenvalue weighted by Gasteiger charge is 2.27.